The van der Waals surface area contributed by atoms with Crippen molar-refractivity contribution in [3.63, 3.8) is 0 Å². The van der Waals surface area contributed by atoms with Crippen LogP contribution in [0.5, 0.6) is 0 Å². The zero-order chi connectivity index (χ0) is 8.39. The van der Waals surface area contributed by atoms with Gasteiger partial charge in [-0.05, 0) is 17.5 Å². The Morgan fingerprint density at radius 2 is 1.92 bits per heavy atom. The summed E-state index contributed by atoms with van der Waals surface area (Å²) in [5.41, 5.74) is 4.01. The average Bonchev–Trinajstić information content (AvgIpc) is 2.47. The highest BCUT2D eigenvalue weighted by Crippen LogP contribution is 2.28. The van der Waals surface area contributed by atoms with E-state index in [1.807, 2.05) is 6.08 Å². The lowest BCUT2D eigenvalue weighted by Crippen LogP contribution is -1.78. The van der Waals surface area contributed by atoms with Gasteiger partial charge in [-0.15, -0.1) is 6.58 Å². The number of benzene rings is 1. The number of hydrogen-bond donors (Lipinski definition) is 0. The van der Waals surface area contributed by atoms with Gasteiger partial charge < -0.3 is 0 Å². The van der Waals surface area contributed by atoms with Crippen molar-refractivity contribution >= 4 is 6.08 Å². The van der Waals surface area contributed by atoms with Gasteiger partial charge in [0.2, 0.25) is 0 Å². The van der Waals surface area contributed by atoms with Crippen LogP contribution in [0.25, 0.3) is 6.08 Å². The molecule has 0 spiro atoms. The SMILES string of the molecule is C=CCC1=Cc2ccccc2[CH]1. The lowest BCUT2D eigenvalue weighted by atomic mass is 10.1. The van der Waals surface area contributed by atoms with Crippen LogP contribution >= 0.6 is 0 Å². The van der Waals surface area contributed by atoms with Crippen molar-refractivity contribution in [3.8, 4) is 0 Å². The van der Waals surface area contributed by atoms with Crippen molar-refractivity contribution in [3.05, 3.63) is 60.0 Å². The Balaban J connectivity index is 2.28. The Hall–Kier alpha value is -1.30. The van der Waals surface area contributed by atoms with E-state index in [2.05, 4.69) is 43.3 Å². The second kappa shape index (κ2) is 2.98. The molecule has 0 amide bonds. The van der Waals surface area contributed by atoms with Crippen molar-refractivity contribution in [1.82, 2.24) is 0 Å². The first-order chi connectivity index (χ1) is 5.90. The third-order valence-electron chi connectivity index (χ3n) is 2.06. The minimum Gasteiger partial charge on any atom is -0.103 e. The van der Waals surface area contributed by atoms with E-state index in [1.54, 1.807) is 0 Å². The molecule has 1 aromatic rings. The van der Waals surface area contributed by atoms with Gasteiger partial charge in [0.05, 0.1) is 0 Å². The van der Waals surface area contributed by atoms with Crippen LogP contribution in [0.15, 0.2) is 42.5 Å². The van der Waals surface area contributed by atoms with E-state index in [1.165, 1.54) is 16.7 Å². The van der Waals surface area contributed by atoms with Crippen molar-refractivity contribution in [2.45, 2.75) is 6.42 Å². The molecule has 1 radical (unpaired) electrons. The molecule has 0 saturated carbocycles. The Morgan fingerprint density at radius 1 is 1.17 bits per heavy atom. The van der Waals surface area contributed by atoms with Gasteiger partial charge in [-0.25, -0.2) is 0 Å². The minimum atomic E-state index is 0.967. The van der Waals surface area contributed by atoms with Crippen molar-refractivity contribution in [1.29, 1.82) is 0 Å². The molecule has 0 aliphatic heterocycles. The molecule has 2 rings (SSSR count). The van der Waals surface area contributed by atoms with Crippen LogP contribution in [0.4, 0.5) is 0 Å². The quantitative estimate of drug-likeness (QED) is 0.575. The predicted molar refractivity (Wildman–Crippen MR) is 52.6 cm³/mol. The molecule has 1 aromatic carbocycles. The molecule has 0 nitrogen and oxygen atoms in total. The summed E-state index contributed by atoms with van der Waals surface area (Å²) >= 11 is 0. The normalized spacial score (nSPS) is 13.8. The van der Waals surface area contributed by atoms with Crippen LogP contribution in [0, 0.1) is 6.42 Å². The molecular formula is C12H11. The van der Waals surface area contributed by atoms with E-state index in [-0.39, 0.29) is 0 Å². The summed E-state index contributed by atoms with van der Waals surface area (Å²) in [4.78, 5) is 0. The molecule has 59 valence electrons. The van der Waals surface area contributed by atoms with E-state index < -0.39 is 0 Å². The van der Waals surface area contributed by atoms with Crippen LogP contribution in [0.3, 0.4) is 0 Å². The van der Waals surface area contributed by atoms with Crippen LogP contribution < -0.4 is 0 Å². The largest absolute Gasteiger partial charge is 0.103 e. The van der Waals surface area contributed by atoms with Gasteiger partial charge in [0, 0.05) is 6.42 Å². The summed E-state index contributed by atoms with van der Waals surface area (Å²) in [6, 6.07) is 8.42. The fourth-order valence-electron chi connectivity index (χ4n) is 1.50. The topological polar surface area (TPSA) is 0 Å². The fraction of sp³-hybridized carbons (Fsp3) is 0.0833. The molecular weight excluding hydrogens is 144 g/mol. The van der Waals surface area contributed by atoms with Gasteiger partial charge in [0.25, 0.3) is 0 Å². The maximum atomic E-state index is 3.73. The highest BCUT2D eigenvalue weighted by molar-refractivity contribution is 5.69. The lowest BCUT2D eigenvalue weighted by molar-refractivity contribution is 1.27. The Morgan fingerprint density at radius 3 is 2.58 bits per heavy atom. The first-order valence-corrected chi connectivity index (χ1v) is 4.15. The van der Waals surface area contributed by atoms with Gasteiger partial charge in [0.1, 0.15) is 0 Å². The maximum Gasteiger partial charge on any atom is 0.0167 e. The van der Waals surface area contributed by atoms with E-state index in [0.717, 1.165) is 6.42 Å². The standard InChI is InChI=1S/C12H11/c1-2-5-10-8-11-6-3-4-7-12(11)9-10/h2-4,6-9H,1,5H2. The Labute approximate surface area is 73.2 Å². The highest BCUT2D eigenvalue weighted by atomic mass is 14.1. The fourth-order valence-corrected chi connectivity index (χ4v) is 1.50. The summed E-state index contributed by atoms with van der Waals surface area (Å²) in [7, 11) is 0. The van der Waals surface area contributed by atoms with Gasteiger partial charge in [-0.1, -0.05) is 42.0 Å². The summed E-state index contributed by atoms with van der Waals surface area (Å²) in [6.45, 7) is 3.73. The van der Waals surface area contributed by atoms with E-state index in [0.29, 0.717) is 0 Å². The zero-order valence-electron chi connectivity index (χ0n) is 6.96. The third-order valence-corrected chi connectivity index (χ3v) is 2.06. The maximum absolute atomic E-state index is 3.73. The second-order valence-electron chi connectivity index (χ2n) is 2.99. The van der Waals surface area contributed by atoms with Gasteiger partial charge >= 0.3 is 0 Å². The van der Waals surface area contributed by atoms with Crippen LogP contribution in [-0.2, 0) is 0 Å². The molecule has 1 aliphatic carbocycles. The molecule has 12 heavy (non-hydrogen) atoms. The van der Waals surface area contributed by atoms with Gasteiger partial charge in [0.15, 0.2) is 0 Å². The molecule has 0 aromatic heterocycles. The van der Waals surface area contributed by atoms with Crippen LogP contribution in [-0.4, -0.2) is 0 Å². The number of fused-ring (bicyclic) bond motifs is 1. The van der Waals surface area contributed by atoms with E-state index >= 15 is 0 Å². The molecule has 0 saturated heterocycles. The first kappa shape index (κ1) is 7.35. The zero-order valence-corrected chi connectivity index (χ0v) is 6.96. The first-order valence-electron chi connectivity index (χ1n) is 4.15. The van der Waals surface area contributed by atoms with E-state index in [9.17, 15) is 0 Å². The lowest BCUT2D eigenvalue weighted by Gasteiger charge is -1.95. The number of hydrogen-bond acceptors (Lipinski definition) is 0. The van der Waals surface area contributed by atoms with Crippen molar-refractivity contribution in [2.75, 3.05) is 0 Å². The highest BCUT2D eigenvalue weighted by Gasteiger charge is 2.09. The molecule has 0 heterocycles. The van der Waals surface area contributed by atoms with Crippen LogP contribution in [0.2, 0.25) is 0 Å². The summed E-state index contributed by atoms with van der Waals surface area (Å²) in [5.74, 6) is 0. The third kappa shape index (κ3) is 1.20. The van der Waals surface area contributed by atoms with Crippen LogP contribution in [0.1, 0.15) is 17.5 Å². The monoisotopic (exact) mass is 155 g/mol. The number of rotatable bonds is 2. The summed E-state index contributed by atoms with van der Waals surface area (Å²) < 4.78 is 0. The van der Waals surface area contributed by atoms with Crippen molar-refractivity contribution in [2.24, 2.45) is 0 Å². The molecule has 0 bridgehead atoms. The smallest absolute Gasteiger partial charge is 0.0167 e. The molecule has 0 fully saturated rings. The molecule has 0 N–H and O–H groups in total. The minimum absolute atomic E-state index is 0.967. The average molecular weight is 155 g/mol. The molecule has 0 unspecified atom stereocenters. The molecule has 1 aliphatic rings. The summed E-state index contributed by atoms with van der Waals surface area (Å²) in [5, 5.41) is 0. The summed E-state index contributed by atoms with van der Waals surface area (Å²) in [6.07, 6.45) is 7.34. The Bertz CT molecular complexity index is 332. The predicted octanol–water partition coefficient (Wildman–Crippen LogP) is 3.21. The molecule has 0 atom stereocenters. The van der Waals surface area contributed by atoms with Gasteiger partial charge in [-0.3, -0.25) is 0 Å². The van der Waals surface area contributed by atoms with E-state index in [4.69, 9.17) is 0 Å². The van der Waals surface area contributed by atoms with Gasteiger partial charge in [-0.2, -0.15) is 0 Å². The Kier molecular flexibility index (Phi) is 1.83. The molecule has 0 heteroatoms. The number of allylic oxidation sites excluding steroid dienone is 2. The second-order valence-corrected chi connectivity index (χ2v) is 2.99. The van der Waals surface area contributed by atoms with Crippen molar-refractivity contribution < 1.29 is 0 Å².